The van der Waals surface area contributed by atoms with Gasteiger partial charge in [-0.3, -0.25) is 0 Å². The van der Waals surface area contributed by atoms with Crippen LogP contribution >= 0.6 is 11.3 Å². The molecule has 0 amide bonds. The van der Waals surface area contributed by atoms with Crippen molar-refractivity contribution in [2.45, 2.75) is 6.54 Å². The Bertz CT molecular complexity index is 485. The topological polar surface area (TPSA) is 24.9 Å². The fourth-order valence-corrected chi connectivity index (χ4v) is 1.73. The molecule has 1 aromatic carbocycles. The standard InChI is InChI=1S/C10H7F3N2S/c11-6-3-8(13)9(4-7(6)12)15-5-10-14-1-2-16-10/h1-4,15H,5H2. The molecule has 0 aliphatic rings. The molecule has 2 aromatic rings. The number of rotatable bonds is 3. The summed E-state index contributed by atoms with van der Waals surface area (Å²) in [5.74, 6) is -3.10. The van der Waals surface area contributed by atoms with Crippen LogP contribution in [-0.4, -0.2) is 4.98 Å². The number of halogens is 3. The highest BCUT2D eigenvalue weighted by molar-refractivity contribution is 7.09. The zero-order chi connectivity index (χ0) is 11.5. The molecule has 0 bridgehead atoms. The molecule has 0 radical (unpaired) electrons. The third-order valence-electron chi connectivity index (χ3n) is 1.92. The van der Waals surface area contributed by atoms with Crippen molar-refractivity contribution >= 4 is 17.0 Å². The Morgan fingerprint density at radius 2 is 1.88 bits per heavy atom. The molecule has 2 nitrogen and oxygen atoms in total. The SMILES string of the molecule is Fc1cc(F)c(NCc2nccs2)cc1F. The summed E-state index contributed by atoms with van der Waals surface area (Å²) in [6.07, 6.45) is 1.61. The van der Waals surface area contributed by atoms with Crippen molar-refractivity contribution < 1.29 is 13.2 Å². The van der Waals surface area contributed by atoms with Crippen LogP contribution in [0.2, 0.25) is 0 Å². The van der Waals surface area contributed by atoms with Crippen molar-refractivity contribution in [1.29, 1.82) is 0 Å². The molecule has 0 atom stereocenters. The van der Waals surface area contributed by atoms with E-state index < -0.39 is 17.5 Å². The van der Waals surface area contributed by atoms with Crippen molar-refractivity contribution in [1.82, 2.24) is 4.98 Å². The van der Waals surface area contributed by atoms with E-state index in [0.717, 1.165) is 11.1 Å². The van der Waals surface area contributed by atoms with Crippen LogP contribution in [0.5, 0.6) is 0 Å². The average Bonchev–Trinajstić information content (AvgIpc) is 2.74. The first-order chi connectivity index (χ1) is 7.66. The maximum Gasteiger partial charge on any atom is 0.161 e. The lowest BCUT2D eigenvalue weighted by Gasteiger charge is -2.06. The molecule has 1 N–H and O–H groups in total. The molecule has 0 fully saturated rings. The van der Waals surface area contributed by atoms with E-state index in [1.165, 1.54) is 11.3 Å². The largest absolute Gasteiger partial charge is 0.376 e. The van der Waals surface area contributed by atoms with Gasteiger partial charge in [0.1, 0.15) is 10.8 Å². The van der Waals surface area contributed by atoms with E-state index in [1.807, 2.05) is 0 Å². The number of anilines is 1. The quantitative estimate of drug-likeness (QED) is 0.839. The first-order valence-electron chi connectivity index (χ1n) is 4.43. The van der Waals surface area contributed by atoms with Crippen molar-refractivity contribution in [3.63, 3.8) is 0 Å². The Labute approximate surface area is 93.8 Å². The second-order valence-corrected chi connectivity index (χ2v) is 4.00. The first kappa shape index (κ1) is 10.9. The van der Waals surface area contributed by atoms with Gasteiger partial charge in [-0.15, -0.1) is 11.3 Å². The Morgan fingerprint density at radius 3 is 2.56 bits per heavy atom. The smallest absolute Gasteiger partial charge is 0.161 e. The van der Waals surface area contributed by atoms with Crippen LogP contribution in [0.4, 0.5) is 18.9 Å². The highest BCUT2D eigenvalue weighted by atomic mass is 32.1. The highest BCUT2D eigenvalue weighted by Crippen LogP contribution is 2.19. The maximum absolute atomic E-state index is 13.2. The molecular formula is C10H7F3N2S. The van der Waals surface area contributed by atoms with Crippen molar-refractivity contribution in [2.75, 3.05) is 5.32 Å². The zero-order valence-electron chi connectivity index (χ0n) is 8.01. The molecule has 0 aliphatic heterocycles. The van der Waals surface area contributed by atoms with Gasteiger partial charge in [0.15, 0.2) is 11.6 Å². The van der Waals surface area contributed by atoms with Crippen LogP contribution in [0.1, 0.15) is 5.01 Å². The Balaban J connectivity index is 2.12. The van der Waals surface area contributed by atoms with Gasteiger partial charge in [-0.25, -0.2) is 18.2 Å². The van der Waals surface area contributed by atoms with Gasteiger partial charge in [-0.05, 0) is 0 Å². The normalized spacial score (nSPS) is 10.4. The van der Waals surface area contributed by atoms with E-state index >= 15 is 0 Å². The number of nitrogens with one attached hydrogen (secondary N) is 1. The predicted octanol–water partition coefficient (Wildman–Crippen LogP) is 3.17. The van der Waals surface area contributed by atoms with Crippen LogP contribution in [-0.2, 0) is 6.54 Å². The van der Waals surface area contributed by atoms with Gasteiger partial charge in [-0.2, -0.15) is 0 Å². The van der Waals surface area contributed by atoms with Crippen LogP contribution in [0.15, 0.2) is 23.7 Å². The van der Waals surface area contributed by atoms with Gasteiger partial charge >= 0.3 is 0 Å². The van der Waals surface area contributed by atoms with Gasteiger partial charge in [0.2, 0.25) is 0 Å². The molecule has 0 aliphatic carbocycles. The summed E-state index contributed by atoms with van der Waals surface area (Å²) in [5.41, 5.74) is -0.0749. The van der Waals surface area contributed by atoms with Crippen molar-refractivity contribution in [3.8, 4) is 0 Å². The minimum Gasteiger partial charge on any atom is -0.376 e. The van der Waals surface area contributed by atoms with Crippen LogP contribution < -0.4 is 5.32 Å². The number of nitrogens with zero attached hydrogens (tertiary/aromatic N) is 1. The van der Waals surface area contributed by atoms with Gasteiger partial charge in [0.05, 0.1) is 12.2 Å². The molecule has 0 unspecified atom stereocenters. The molecule has 1 aromatic heterocycles. The third kappa shape index (κ3) is 2.33. The summed E-state index contributed by atoms with van der Waals surface area (Å²) < 4.78 is 38.6. The fraction of sp³-hybridized carbons (Fsp3) is 0.100. The number of thiazole rings is 1. The Kier molecular flexibility index (Phi) is 3.09. The lowest BCUT2D eigenvalue weighted by Crippen LogP contribution is -2.02. The summed E-state index contributed by atoms with van der Waals surface area (Å²) in [6, 6.07) is 1.30. The molecule has 1 heterocycles. The van der Waals surface area contributed by atoms with Gasteiger partial charge in [-0.1, -0.05) is 0 Å². The first-order valence-corrected chi connectivity index (χ1v) is 5.31. The number of hydrogen-bond acceptors (Lipinski definition) is 3. The van der Waals surface area contributed by atoms with Crippen molar-refractivity contribution in [3.05, 3.63) is 46.2 Å². The predicted molar refractivity (Wildman–Crippen MR) is 55.8 cm³/mol. The lowest BCUT2D eigenvalue weighted by atomic mass is 10.3. The average molecular weight is 244 g/mol. The third-order valence-corrected chi connectivity index (χ3v) is 2.70. The molecule has 0 saturated carbocycles. The number of benzene rings is 1. The molecular weight excluding hydrogens is 237 g/mol. The minimum atomic E-state index is -1.20. The summed E-state index contributed by atoms with van der Waals surface area (Å²) in [5, 5.41) is 5.17. The van der Waals surface area contributed by atoms with E-state index in [4.69, 9.17) is 0 Å². The molecule has 6 heteroatoms. The number of hydrogen-bond donors (Lipinski definition) is 1. The lowest BCUT2D eigenvalue weighted by molar-refractivity contribution is 0.496. The highest BCUT2D eigenvalue weighted by Gasteiger charge is 2.09. The van der Waals surface area contributed by atoms with Gasteiger partial charge < -0.3 is 5.32 Å². The molecule has 2 rings (SSSR count). The maximum atomic E-state index is 13.2. The summed E-state index contributed by atoms with van der Waals surface area (Å²) in [4.78, 5) is 3.97. The Hall–Kier alpha value is -1.56. The monoisotopic (exact) mass is 244 g/mol. The van der Waals surface area contributed by atoms with E-state index in [9.17, 15) is 13.2 Å². The second kappa shape index (κ2) is 4.52. The van der Waals surface area contributed by atoms with Crippen LogP contribution in [0.3, 0.4) is 0 Å². The molecule has 16 heavy (non-hydrogen) atoms. The van der Waals surface area contributed by atoms with Crippen molar-refractivity contribution in [2.24, 2.45) is 0 Å². The van der Waals surface area contributed by atoms with E-state index in [1.54, 1.807) is 11.6 Å². The molecule has 0 saturated heterocycles. The van der Waals surface area contributed by atoms with E-state index in [0.29, 0.717) is 6.07 Å². The molecule has 84 valence electrons. The Morgan fingerprint density at radius 1 is 1.12 bits per heavy atom. The summed E-state index contributed by atoms with van der Waals surface area (Å²) in [7, 11) is 0. The van der Waals surface area contributed by atoms with E-state index in [-0.39, 0.29) is 12.2 Å². The number of aromatic nitrogens is 1. The zero-order valence-corrected chi connectivity index (χ0v) is 8.82. The minimum absolute atomic E-state index is 0.0749. The summed E-state index contributed by atoms with van der Waals surface area (Å²) >= 11 is 1.39. The van der Waals surface area contributed by atoms with Crippen LogP contribution in [0, 0.1) is 17.5 Å². The van der Waals surface area contributed by atoms with E-state index in [2.05, 4.69) is 10.3 Å². The summed E-state index contributed by atoms with van der Waals surface area (Å²) in [6.45, 7) is 0.277. The second-order valence-electron chi connectivity index (χ2n) is 3.03. The van der Waals surface area contributed by atoms with Gasteiger partial charge in [0, 0.05) is 23.7 Å². The fourth-order valence-electron chi connectivity index (χ4n) is 1.17. The van der Waals surface area contributed by atoms with Crippen LogP contribution in [0.25, 0.3) is 0 Å². The van der Waals surface area contributed by atoms with Gasteiger partial charge in [0.25, 0.3) is 0 Å². The molecule has 0 spiro atoms.